The number of likely N-dealkylation sites (tertiary alicyclic amines) is 1. The number of nitrogen functional groups attached to an aromatic ring is 1. The highest BCUT2D eigenvalue weighted by Crippen LogP contribution is 2.30. The summed E-state index contributed by atoms with van der Waals surface area (Å²) in [6.07, 6.45) is 3.84. The summed E-state index contributed by atoms with van der Waals surface area (Å²) in [5.41, 5.74) is 8.50. The van der Waals surface area contributed by atoms with Gasteiger partial charge in [-0.2, -0.15) is 0 Å². The summed E-state index contributed by atoms with van der Waals surface area (Å²) < 4.78 is 0. The second-order valence-corrected chi connectivity index (χ2v) is 6.57. The van der Waals surface area contributed by atoms with Crippen molar-refractivity contribution in [3.05, 3.63) is 28.8 Å². The van der Waals surface area contributed by atoms with E-state index in [-0.39, 0.29) is 0 Å². The summed E-state index contributed by atoms with van der Waals surface area (Å²) in [5.74, 6) is 0. The predicted molar refractivity (Wildman–Crippen MR) is 78.8 cm³/mol. The van der Waals surface area contributed by atoms with Gasteiger partial charge < -0.3 is 5.73 Å². The molecular weight excluding hydrogens is 244 g/mol. The van der Waals surface area contributed by atoms with E-state index in [1.54, 1.807) is 0 Å². The van der Waals surface area contributed by atoms with Gasteiger partial charge in [0.15, 0.2) is 0 Å². The van der Waals surface area contributed by atoms with Crippen LogP contribution in [0.3, 0.4) is 0 Å². The Morgan fingerprint density at radius 3 is 2.83 bits per heavy atom. The molecule has 2 N–H and O–H groups in total. The average Bonchev–Trinajstić information content (AvgIpc) is 2.46. The number of nitrogens with two attached hydrogens (primary N) is 1. The average molecular weight is 267 g/mol. The summed E-state index contributed by atoms with van der Waals surface area (Å²) in [7, 11) is 0. The molecule has 1 aromatic rings. The maximum absolute atomic E-state index is 6.04. The van der Waals surface area contributed by atoms with E-state index in [4.69, 9.17) is 17.3 Å². The third kappa shape index (κ3) is 3.63. The first-order chi connectivity index (χ1) is 8.46. The minimum absolute atomic E-state index is 0.481. The number of halogens is 1. The van der Waals surface area contributed by atoms with Crippen LogP contribution in [-0.4, -0.2) is 18.0 Å². The molecule has 1 aliphatic heterocycles. The van der Waals surface area contributed by atoms with Crippen LogP contribution >= 0.6 is 11.6 Å². The van der Waals surface area contributed by atoms with Gasteiger partial charge in [-0.05, 0) is 61.5 Å². The fourth-order valence-electron chi connectivity index (χ4n) is 2.59. The van der Waals surface area contributed by atoms with Crippen molar-refractivity contribution in [3.8, 4) is 0 Å². The Morgan fingerprint density at radius 1 is 1.28 bits per heavy atom. The summed E-state index contributed by atoms with van der Waals surface area (Å²) >= 11 is 6.04. The zero-order valence-corrected chi connectivity index (χ0v) is 12.1. The lowest BCUT2D eigenvalue weighted by atomic mass is 9.85. The Hall–Kier alpha value is -0.730. The van der Waals surface area contributed by atoms with E-state index in [2.05, 4.69) is 18.7 Å². The minimum atomic E-state index is 0.481. The van der Waals surface area contributed by atoms with E-state index in [0.717, 1.165) is 35.9 Å². The molecule has 2 rings (SSSR count). The molecular formula is C15H23ClN2. The fraction of sp³-hybridized carbons (Fsp3) is 0.600. The normalized spacial score (nSPS) is 20.6. The molecule has 0 atom stereocenters. The first-order valence-corrected chi connectivity index (χ1v) is 7.10. The number of rotatable bonds is 2. The van der Waals surface area contributed by atoms with Crippen LogP contribution < -0.4 is 5.73 Å². The Balaban J connectivity index is 2.03. The van der Waals surface area contributed by atoms with Crippen LogP contribution in [0.5, 0.6) is 0 Å². The van der Waals surface area contributed by atoms with Crippen molar-refractivity contribution in [2.75, 3.05) is 18.8 Å². The van der Waals surface area contributed by atoms with Crippen molar-refractivity contribution in [2.45, 2.75) is 39.7 Å². The second kappa shape index (κ2) is 5.50. The van der Waals surface area contributed by atoms with E-state index in [0.29, 0.717) is 5.41 Å². The van der Waals surface area contributed by atoms with Crippen LogP contribution in [0.15, 0.2) is 18.2 Å². The SMILES string of the molecule is CC1(C)CCCN(Cc2cc(Cl)ccc2N)CC1. The van der Waals surface area contributed by atoms with Gasteiger partial charge in [0.1, 0.15) is 0 Å². The standard InChI is InChI=1S/C15H23ClN2/c1-15(2)6-3-8-18(9-7-15)11-12-10-13(16)4-5-14(12)17/h4-5,10H,3,6-9,11,17H2,1-2H3. The Morgan fingerprint density at radius 2 is 2.06 bits per heavy atom. The maximum atomic E-state index is 6.04. The molecule has 0 spiro atoms. The van der Waals surface area contributed by atoms with Gasteiger partial charge in [-0.3, -0.25) is 4.90 Å². The molecule has 0 saturated carbocycles. The Labute approximate surface area is 115 Å². The van der Waals surface area contributed by atoms with Gasteiger partial charge in [-0.15, -0.1) is 0 Å². The van der Waals surface area contributed by atoms with E-state index in [9.17, 15) is 0 Å². The molecule has 0 amide bonds. The molecule has 0 radical (unpaired) electrons. The summed E-state index contributed by atoms with van der Waals surface area (Å²) in [6.45, 7) is 7.96. The summed E-state index contributed by atoms with van der Waals surface area (Å²) in [4.78, 5) is 2.50. The molecule has 1 fully saturated rings. The lowest BCUT2D eigenvalue weighted by Crippen LogP contribution is -2.25. The fourth-order valence-corrected chi connectivity index (χ4v) is 2.78. The van der Waals surface area contributed by atoms with Crippen LogP contribution in [0, 0.1) is 5.41 Å². The van der Waals surface area contributed by atoms with Crippen molar-refractivity contribution < 1.29 is 0 Å². The van der Waals surface area contributed by atoms with Gasteiger partial charge in [0.2, 0.25) is 0 Å². The summed E-state index contributed by atoms with van der Waals surface area (Å²) in [6, 6.07) is 5.75. The molecule has 1 aliphatic rings. The van der Waals surface area contributed by atoms with Gasteiger partial charge in [0.05, 0.1) is 0 Å². The number of benzene rings is 1. The van der Waals surface area contributed by atoms with E-state index in [1.165, 1.54) is 19.3 Å². The minimum Gasteiger partial charge on any atom is -0.398 e. The maximum Gasteiger partial charge on any atom is 0.0410 e. The number of anilines is 1. The lowest BCUT2D eigenvalue weighted by molar-refractivity contribution is 0.256. The Bertz CT molecular complexity index is 415. The molecule has 18 heavy (non-hydrogen) atoms. The van der Waals surface area contributed by atoms with Crippen LogP contribution in [0.25, 0.3) is 0 Å². The van der Waals surface area contributed by atoms with Crippen LogP contribution in [0.1, 0.15) is 38.7 Å². The van der Waals surface area contributed by atoms with Gasteiger partial charge in [-0.25, -0.2) is 0 Å². The van der Waals surface area contributed by atoms with Crippen LogP contribution in [0.2, 0.25) is 5.02 Å². The topological polar surface area (TPSA) is 29.3 Å². The molecule has 1 heterocycles. The first-order valence-electron chi connectivity index (χ1n) is 6.73. The third-order valence-electron chi connectivity index (χ3n) is 3.93. The van der Waals surface area contributed by atoms with Crippen molar-refractivity contribution in [1.29, 1.82) is 0 Å². The molecule has 3 heteroatoms. The number of hydrogen-bond acceptors (Lipinski definition) is 2. The molecule has 2 nitrogen and oxygen atoms in total. The molecule has 1 aromatic carbocycles. The van der Waals surface area contributed by atoms with Crippen LogP contribution in [0.4, 0.5) is 5.69 Å². The zero-order chi connectivity index (χ0) is 13.2. The van der Waals surface area contributed by atoms with Gasteiger partial charge in [-0.1, -0.05) is 25.4 Å². The predicted octanol–water partition coefficient (Wildman–Crippen LogP) is 3.93. The number of hydrogen-bond donors (Lipinski definition) is 1. The second-order valence-electron chi connectivity index (χ2n) is 6.14. The Kier molecular flexibility index (Phi) is 4.18. The van der Waals surface area contributed by atoms with Gasteiger partial charge >= 0.3 is 0 Å². The highest BCUT2D eigenvalue weighted by atomic mass is 35.5. The number of nitrogens with zero attached hydrogens (tertiary/aromatic N) is 1. The van der Waals surface area contributed by atoms with Gasteiger partial charge in [0.25, 0.3) is 0 Å². The van der Waals surface area contributed by atoms with E-state index in [1.807, 2.05) is 18.2 Å². The monoisotopic (exact) mass is 266 g/mol. The quantitative estimate of drug-likeness (QED) is 0.822. The molecule has 0 bridgehead atoms. The van der Waals surface area contributed by atoms with Crippen LogP contribution in [-0.2, 0) is 6.54 Å². The van der Waals surface area contributed by atoms with E-state index < -0.39 is 0 Å². The molecule has 0 aliphatic carbocycles. The molecule has 1 saturated heterocycles. The molecule has 0 unspecified atom stereocenters. The van der Waals surface area contributed by atoms with Gasteiger partial charge in [0, 0.05) is 17.3 Å². The van der Waals surface area contributed by atoms with E-state index >= 15 is 0 Å². The van der Waals surface area contributed by atoms with Crippen molar-refractivity contribution in [3.63, 3.8) is 0 Å². The first kappa shape index (κ1) is 13.7. The smallest absolute Gasteiger partial charge is 0.0410 e. The van der Waals surface area contributed by atoms with Crippen molar-refractivity contribution in [2.24, 2.45) is 5.41 Å². The van der Waals surface area contributed by atoms with Crippen molar-refractivity contribution in [1.82, 2.24) is 4.90 Å². The van der Waals surface area contributed by atoms with Crippen molar-refractivity contribution >= 4 is 17.3 Å². The summed E-state index contributed by atoms with van der Waals surface area (Å²) in [5, 5.41) is 0.773. The third-order valence-corrected chi connectivity index (χ3v) is 4.17. The highest BCUT2D eigenvalue weighted by molar-refractivity contribution is 6.30. The lowest BCUT2D eigenvalue weighted by Gasteiger charge is -2.23. The largest absolute Gasteiger partial charge is 0.398 e. The highest BCUT2D eigenvalue weighted by Gasteiger charge is 2.23. The zero-order valence-electron chi connectivity index (χ0n) is 11.4. The molecule has 100 valence electrons. The molecule has 0 aromatic heterocycles.